The van der Waals surface area contributed by atoms with Gasteiger partial charge in [-0.1, -0.05) is 12.1 Å². The van der Waals surface area contributed by atoms with E-state index in [-0.39, 0.29) is 11.5 Å². The molecule has 5 heteroatoms. The van der Waals surface area contributed by atoms with Crippen LogP contribution in [0.4, 0.5) is 4.39 Å². The SMILES string of the molecule is O=C(O)c1ccnc(-c2cccc(F)c2)n1. The number of hydrogen-bond donors (Lipinski definition) is 1. The fourth-order valence-corrected chi connectivity index (χ4v) is 1.24. The Hall–Kier alpha value is -2.30. The van der Waals surface area contributed by atoms with Gasteiger partial charge in [-0.05, 0) is 18.2 Å². The van der Waals surface area contributed by atoms with Crippen LogP contribution in [0.25, 0.3) is 11.4 Å². The summed E-state index contributed by atoms with van der Waals surface area (Å²) >= 11 is 0. The fourth-order valence-electron chi connectivity index (χ4n) is 1.24. The van der Waals surface area contributed by atoms with Crippen molar-refractivity contribution in [3.05, 3.63) is 48.0 Å². The van der Waals surface area contributed by atoms with Crippen molar-refractivity contribution in [1.82, 2.24) is 9.97 Å². The minimum atomic E-state index is -1.14. The van der Waals surface area contributed by atoms with E-state index in [9.17, 15) is 9.18 Å². The predicted molar refractivity (Wildman–Crippen MR) is 54.4 cm³/mol. The summed E-state index contributed by atoms with van der Waals surface area (Å²) in [5, 5.41) is 8.75. The smallest absolute Gasteiger partial charge is 0.354 e. The third-order valence-electron chi connectivity index (χ3n) is 1.96. The molecule has 1 N–H and O–H groups in total. The molecule has 0 atom stereocenters. The number of benzene rings is 1. The standard InChI is InChI=1S/C11H7FN2O2/c12-8-3-1-2-7(6-8)10-13-5-4-9(14-10)11(15)16/h1-6H,(H,15,16). The van der Waals surface area contributed by atoms with Gasteiger partial charge in [-0.25, -0.2) is 19.2 Å². The first-order valence-corrected chi connectivity index (χ1v) is 4.49. The molecule has 80 valence electrons. The van der Waals surface area contributed by atoms with E-state index in [4.69, 9.17) is 5.11 Å². The van der Waals surface area contributed by atoms with Crippen LogP contribution in [0.3, 0.4) is 0 Å². The second-order valence-electron chi connectivity index (χ2n) is 3.08. The van der Waals surface area contributed by atoms with Gasteiger partial charge in [-0.2, -0.15) is 0 Å². The summed E-state index contributed by atoms with van der Waals surface area (Å²) in [6.45, 7) is 0. The van der Waals surface area contributed by atoms with Gasteiger partial charge in [0.25, 0.3) is 0 Å². The van der Waals surface area contributed by atoms with Gasteiger partial charge in [-0.3, -0.25) is 0 Å². The molecule has 0 bridgehead atoms. The molecule has 0 radical (unpaired) electrons. The number of rotatable bonds is 2. The molecule has 1 heterocycles. The van der Waals surface area contributed by atoms with Crippen LogP contribution in [0.15, 0.2) is 36.5 Å². The number of hydrogen-bond acceptors (Lipinski definition) is 3. The second kappa shape index (κ2) is 4.06. The molecule has 2 rings (SSSR count). The number of nitrogens with zero attached hydrogens (tertiary/aromatic N) is 2. The summed E-state index contributed by atoms with van der Waals surface area (Å²) < 4.78 is 12.9. The highest BCUT2D eigenvalue weighted by molar-refractivity contribution is 5.85. The van der Waals surface area contributed by atoms with Crippen molar-refractivity contribution >= 4 is 5.97 Å². The summed E-state index contributed by atoms with van der Waals surface area (Å²) in [5.74, 6) is -1.36. The third-order valence-corrected chi connectivity index (χ3v) is 1.96. The monoisotopic (exact) mass is 218 g/mol. The maximum Gasteiger partial charge on any atom is 0.354 e. The first-order chi connectivity index (χ1) is 7.66. The molecule has 0 aliphatic heterocycles. The third kappa shape index (κ3) is 2.03. The number of aromatic carboxylic acids is 1. The maximum absolute atomic E-state index is 12.9. The summed E-state index contributed by atoms with van der Waals surface area (Å²) in [7, 11) is 0. The molecule has 1 aromatic carbocycles. The Morgan fingerprint density at radius 2 is 2.12 bits per heavy atom. The molecule has 0 spiro atoms. The van der Waals surface area contributed by atoms with E-state index >= 15 is 0 Å². The van der Waals surface area contributed by atoms with Gasteiger partial charge in [0.05, 0.1) is 0 Å². The van der Waals surface area contributed by atoms with Gasteiger partial charge in [0.2, 0.25) is 0 Å². The van der Waals surface area contributed by atoms with Crippen LogP contribution in [-0.2, 0) is 0 Å². The van der Waals surface area contributed by atoms with E-state index < -0.39 is 11.8 Å². The first-order valence-electron chi connectivity index (χ1n) is 4.49. The lowest BCUT2D eigenvalue weighted by Gasteiger charge is -2.00. The largest absolute Gasteiger partial charge is 0.477 e. The van der Waals surface area contributed by atoms with Gasteiger partial charge >= 0.3 is 5.97 Å². The van der Waals surface area contributed by atoms with Gasteiger partial charge < -0.3 is 5.11 Å². The van der Waals surface area contributed by atoms with Crippen LogP contribution >= 0.6 is 0 Å². The lowest BCUT2D eigenvalue weighted by Crippen LogP contribution is -2.02. The van der Waals surface area contributed by atoms with Crippen molar-refractivity contribution in [3.8, 4) is 11.4 Å². The highest BCUT2D eigenvalue weighted by Crippen LogP contribution is 2.15. The molecule has 4 nitrogen and oxygen atoms in total. The summed E-state index contributed by atoms with van der Waals surface area (Å²) in [6.07, 6.45) is 1.33. The zero-order valence-electron chi connectivity index (χ0n) is 8.09. The van der Waals surface area contributed by atoms with Gasteiger partial charge in [0, 0.05) is 11.8 Å². The Kier molecular flexibility index (Phi) is 2.59. The van der Waals surface area contributed by atoms with Crippen LogP contribution in [0, 0.1) is 5.82 Å². The number of aromatic nitrogens is 2. The molecule has 16 heavy (non-hydrogen) atoms. The number of halogens is 1. The Bertz CT molecular complexity index is 543. The van der Waals surface area contributed by atoms with Gasteiger partial charge in [0.1, 0.15) is 5.82 Å². The summed E-state index contributed by atoms with van der Waals surface area (Å²) in [6, 6.07) is 6.96. The zero-order chi connectivity index (χ0) is 11.5. The van der Waals surface area contributed by atoms with Crippen LogP contribution < -0.4 is 0 Å². The number of carboxylic acid groups (broad SMARTS) is 1. The van der Waals surface area contributed by atoms with Crippen molar-refractivity contribution < 1.29 is 14.3 Å². The van der Waals surface area contributed by atoms with Crippen LogP contribution in [0.5, 0.6) is 0 Å². The Morgan fingerprint density at radius 3 is 2.81 bits per heavy atom. The fraction of sp³-hybridized carbons (Fsp3) is 0. The van der Waals surface area contributed by atoms with Gasteiger partial charge in [0.15, 0.2) is 11.5 Å². The maximum atomic E-state index is 12.9. The van der Waals surface area contributed by atoms with Crippen molar-refractivity contribution in [2.75, 3.05) is 0 Å². The Labute approximate surface area is 90.4 Å². The van der Waals surface area contributed by atoms with Crippen molar-refractivity contribution in [3.63, 3.8) is 0 Å². The molecule has 0 unspecified atom stereocenters. The minimum absolute atomic E-state index is 0.116. The second-order valence-corrected chi connectivity index (χ2v) is 3.08. The number of carboxylic acids is 1. The average Bonchev–Trinajstić information content (AvgIpc) is 2.29. The van der Waals surface area contributed by atoms with E-state index in [0.29, 0.717) is 5.56 Å². The van der Waals surface area contributed by atoms with Crippen molar-refractivity contribution in [2.45, 2.75) is 0 Å². The quantitative estimate of drug-likeness (QED) is 0.837. The van der Waals surface area contributed by atoms with Crippen LogP contribution in [0.1, 0.15) is 10.5 Å². The molecule has 0 amide bonds. The summed E-state index contributed by atoms with van der Waals surface area (Å²) in [5.41, 5.74) is 0.331. The van der Waals surface area contributed by atoms with Crippen molar-refractivity contribution in [1.29, 1.82) is 0 Å². The molecule has 0 aliphatic carbocycles. The highest BCUT2D eigenvalue weighted by atomic mass is 19.1. The highest BCUT2D eigenvalue weighted by Gasteiger charge is 2.08. The lowest BCUT2D eigenvalue weighted by atomic mass is 10.2. The molecule has 2 aromatic rings. The molecule has 1 aromatic heterocycles. The van der Waals surface area contributed by atoms with Crippen LogP contribution in [0.2, 0.25) is 0 Å². The zero-order valence-corrected chi connectivity index (χ0v) is 8.09. The van der Waals surface area contributed by atoms with E-state index in [1.54, 1.807) is 6.07 Å². The average molecular weight is 218 g/mol. The normalized spacial score (nSPS) is 10.1. The van der Waals surface area contributed by atoms with Crippen LogP contribution in [-0.4, -0.2) is 21.0 Å². The predicted octanol–water partition coefficient (Wildman–Crippen LogP) is 1.98. The molecule has 0 aliphatic rings. The topological polar surface area (TPSA) is 63.1 Å². The first kappa shape index (κ1) is 10.2. The molecular formula is C11H7FN2O2. The van der Waals surface area contributed by atoms with Crippen molar-refractivity contribution in [2.24, 2.45) is 0 Å². The molecular weight excluding hydrogens is 211 g/mol. The lowest BCUT2D eigenvalue weighted by molar-refractivity contribution is 0.0690. The van der Waals surface area contributed by atoms with E-state index in [1.807, 2.05) is 0 Å². The summed E-state index contributed by atoms with van der Waals surface area (Å²) in [4.78, 5) is 18.4. The van der Waals surface area contributed by atoms with E-state index in [2.05, 4.69) is 9.97 Å². The van der Waals surface area contributed by atoms with E-state index in [1.165, 1.54) is 30.5 Å². The van der Waals surface area contributed by atoms with Gasteiger partial charge in [-0.15, -0.1) is 0 Å². The Morgan fingerprint density at radius 1 is 1.31 bits per heavy atom. The van der Waals surface area contributed by atoms with E-state index in [0.717, 1.165) is 0 Å². The number of carbonyl (C=O) groups is 1. The molecule has 0 saturated carbocycles. The molecule has 0 saturated heterocycles. The molecule has 0 fully saturated rings. The Balaban J connectivity index is 2.48. The minimum Gasteiger partial charge on any atom is -0.477 e.